The predicted octanol–water partition coefficient (Wildman–Crippen LogP) is 1.92. The smallest absolute Gasteiger partial charge is 0.254 e. The second-order valence-electron chi connectivity index (χ2n) is 4.27. The summed E-state index contributed by atoms with van der Waals surface area (Å²) in [6.07, 6.45) is -0.505. The molecular weight excluding hydrogens is 202 g/mol. The van der Waals surface area contributed by atoms with E-state index in [1.807, 2.05) is 32.0 Å². The number of benzene rings is 1. The summed E-state index contributed by atoms with van der Waals surface area (Å²) in [6, 6.07) is 9.23. The van der Waals surface area contributed by atoms with Gasteiger partial charge >= 0.3 is 0 Å². The molecule has 0 fully saturated rings. The van der Waals surface area contributed by atoms with Crippen LogP contribution in [0.25, 0.3) is 0 Å². The average molecular weight is 221 g/mol. The molecule has 0 aromatic heterocycles. The summed E-state index contributed by atoms with van der Waals surface area (Å²) >= 11 is 0. The van der Waals surface area contributed by atoms with Gasteiger partial charge in [-0.15, -0.1) is 0 Å². The Morgan fingerprint density at radius 3 is 2.25 bits per heavy atom. The normalized spacial score (nSPS) is 12.6. The van der Waals surface area contributed by atoms with Crippen molar-refractivity contribution in [2.24, 2.45) is 0 Å². The molecule has 0 aliphatic rings. The summed E-state index contributed by atoms with van der Waals surface area (Å²) in [5.41, 5.74) is 0.664. The zero-order valence-corrected chi connectivity index (χ0v) is 10.1. The highest BCUT2D eigenvalue weighted by atomic mass is 16.3. The fourth-order valence-corrected chi connectivity index (χ4v) is 1.56. The highest BCUT2D eigenvalue weighted by molar-refractivity contribution is 5.94. The lowest BCUT2D eigenvalue weighted by Gasteiger charge is -2.28. The number of aliphatic hydroxyl groups is 1. The molecule has 0 radical (unpaired) electrons. The van der Waals surface area contributed by atoms with Gasteiger partial charge in [-0.1, -0.05) is 18.2 Å². The van der Waals surface area contributed by atoms with Gasteiger partial charge < -0.3 is 10.0 Å². The molecule has 3 nitrogen and oxygen atoms in total. The minimum absolute atomic E-state index is 0.0310. The molecule has 0 spiro atoms. The molecule has 3 heteroatoms. The van der Waals surface area contributed by atoms with Crippen LogP contribution in [0.5, 0.6) is 0 Å². The van der Waals surface area contributed by atoms with Gasteiger partial charge in [-0.25, -0.2) is 0 Å². The van der Waals surface area contributed by atoms with Gasteiger partial charge in [-0.3, -0.25) is 4.79 Å². The number of hydrogen-bond acceptors (Lipinski definition) is 2. The maximum atomic E-state index is 12.1. The predicted molar refractivity (Wildman–Crippen MR) is 64.3 cm³/mol. The molecule has 1 amide bonds. The van der Waals surface area contributed by atoms with Crippen LogP contribution in [-0.2, 0) is 0 Å². The lowest BCUT2D eigenvalue weighted by atomic mass is 10.1. The van der Waals surface area contributed by atoms with Crippen molar-refractivity contribution in [1.29, 1.82) is 0 Å². The Hall–Kier alpha value is -1.35. The fraction of sp³-hybridized carbons (Fsp3) is 0.462. The molecule has 0 bridgehead atoms. The van der Waals surface area contributed by atoms with E-state index in [1.54, 1.807) is 24.0 Å². The van der Waals surface area contributed by atoms with E-state index in [1.165, 1.54) is 0 Å². The van der Waals surface area contributed by atoms with Gasteiger partial charge in [-0.2, -0.15) is 0 Å². The Morgan fingerprint density at radius 1 is 1.25 bits per heavy atom. The summed E-state index contributed by atoms with van der Waals surface area (Å²) in [4.78, 5) is 13.8. The first-order valence-corrected chi connectivity index (χ1v) is 5.56. The van der Waals surface area contributed by atoms with E-state index in [0.29, 0.717) is 12.1 Å². The van der Waals surface area contributed by atoms with Crippen LogP contribution in [0.4, 0.5) is 0 Å². The van der Waals surface area contributed by atoms with E-state index in [4.69, 9.17) is 0 Å². The summed E-state index contributed by atoms with van der Waals surface area (Å²) in [5, 5.41) is 9.37. The van der Waals surface area contributed by atoms with Crippen LogP contribution < -0.4 is 0 Å². The number of rotatable bonds is 4. The monoisotopic (exact) mass is 221 g/mol. The molecular formula is C13H19NO2. The Morgan fingerprint density at radius 2 is 1.81 bits per heavy atom. The highest BCUT2D eigenvalue weighted by Crippen LogP contribution is 2.09. The number of amides is 1. The van der Waals surface area contributed by atoms with E-state index < -0.39 is 6.10 Å². The summed E-state index contributed by atoms with van der Waals surface area (Å²) in [6.45, 7) is 5.95. The molecule has 1 N–H and O–H groups in total. The quantitative estimate of drug-likeness (QED) is 0.843. The molecule has 0 heterocycles. The summed E-state index contributed by atoms with van der Waals surface area (Å²) < 4.78 is 0. The lowest BCUT2D eigenvalue weighted by Crippen LogP contribution is -2.41. The minimum atomic E-state index is -0.505. The Balaban J connectivity index is 2.83. The lowest BCUT2D eigenvalue weighted by molar-refractivity contribution is 0.0579. The zero-order chi connectivity index (χ0) is 12.1. The maximum absolute atomic E-state index is 12.1. The van der Waals surface area contributed by atoms with Gasteiger partial charge in [0, 0.05) is 18.2 Å². The van der Waals surface area contributed by atoms with Crippen LogP contribution >= 0.6 is 0 Å². The van der Waals surface area contributed by atoms with Crippen LogP contribution in [0.1, 0.15) is 31.1 Å². The van der Waals surface area contributed by atoms with Gasteiger partial charge in [0.2, 0.25) is 0 Å². The molecule has 1 rings (SSSR count). The maximum Gasteiger partial charge on any atom is 0.254 e. The van der Waals surface area contributed by atoms with Crippen molar-refractivity contribution in [2.75, 3.05) is 6.54 Å². The third-order valence-electron chi connectivity index (χ3n) is 2.37. The standard InChI is InChI=1S/C13H19NO2/c1-10(2)14(9-11(3)15)13(16)12-7-5-4-6-8-12/h4-8,10-11,15H,9H2,1-3H3. The first-order valence-electron chi connectivity index (χ1n) is 5.56. The fourth-order valence-electron chi connectivity index (χ4n) is 1.56. The molecule has 88 valence electrons. The van der Waals surface area contributed by atoms with Crippen LogP contribution in [0.2, 0.25) is 0 Å². The van der Waals surface area contributed by atoms with Gasteiger partial charge in [0.15, 0.2) is 0 Å². The van der Waals surface area contributed by atoms with Crippen molar-refractivity contribution < 1.29 is 9.90 Å². The molecule has 16 heavy (non-hydrogen) atoms. The average Bonchev–Trinajstić information content (AvgIpc) is 2.25. The molecule has 0 aliphatic heterocycles. The van der Waals surface area contributed by atoms with E-state index in [-0.39, 0.29) is 11.9 Å². The number of hydrogen-bond donors (Lipinski definition) is 1. The van der Waals surface area contributed by atoms with Crippen LogP contribution in [-0.4, -0.2) is 34.6 Å². The molecule has 1 aromatic carbocycles. The molecule has 0 aliphatic carbocycles. The first-order chi connectivity index (χ1) is 7.52. The van der Waals surface area contributed by atoms with Crippen molar-refractivity contribution >= 4 is 5.91 Å². The van der Waals surface area contributed by atoms with Gasteiger partial charge in [0.1, 0.15) is 0 Å². The number of carbonyl (C=O) groups excluding carboxylic acids is 1. The molecule has 0 saturated carbocycles. The highest BCUT2D eigenvalue weighted by Gasteiger charge is 2.19. The second-order valence-corrected chi connectivity index (χ2v) is 4.27. The third-order valence-corrected chi connectivity index (χ3v) is 2.37. The number of nitrogens with zero attached hydrogens (tertiary/aromatic N) is 1. The van der Waals surface area contributed by atoms with Crippen LogP contribution in [0.3, 0.4) is 0 Å². The number of carbonyl (C=O) groups is 1. The van der Waals surface area contributed by atoms with Gasteiger partial charge in [-0.05, 0) is 32.9 Å². The molecule has 0 saturated heterocycles. The molecule has 1 unspecified atom stereocenters. The van der Waals surface area contributed by atoms with Crippen molar-refractivity contribution in [3.05, 3.63) is 35.9 Å². The van der Waals surface area contributed by atoms with E-state index in [0.717, 1.165) is 0 Å². The van der Waals surface area contributed by atoms with E-state index >= 15 is 0 Å². The van der Waals surface area contributed by atoms with E-state index in [9.17, 15) is 9.90 Å². The van der Waals surface area contributed by atoms with Crippen molar-refractivity contribution in [3.63, 3.8) is 0 Å². The zero-order valence-electron chi connectivity index (χ0n) is 10.1. The van der Waals surface area contributed by atoms with Crippen molar-refractivity contribution in [1.82, 2.24) is 4.90 Å². The van der Waals surface area contributed by atoms with Crippen LogP contribution in [0.15, 0.2) is 30.3 Å². The topological polar surface area (TPSA) is 40.5 Å². The second kappa shape index (κ2) is 5.66. The molecule has 1 atom stereocenters. The summed E-state index contributed by atoms with van der Waals surface area (Å²) in [7, 11) is 0. The Kier molecular flexibility index (Phi) is 4.50. The third kappa shape index (κ3) is 3.35. The summed E-state index contributed by atoms with van der Waals surface area (Å²) in [5.74, 6) is -0.0310. The first kappa shape index (κ1) is 12.7. The number of aliphatic hydroxyl groups excluding tert-OH is 1. The Labute approximate surface area is 96.7 Å². The largest absolute Gasteiger partial charge is 0.392 e. The van der Waals surface area contributed by atoms with E-state index in [2.05, 4.69) is 0 Å². The van der Waals surface area contributed by atoms with Gasteiger partial charge in [0.05, 0.1) is 6.10 Å². The van der Waals surface area contributed by atoms with Crippen molar-refractivity contribution in [3.8, 4) is 0 Å². The molecule has 1 aromatic rings. The van der Waals surface area contributed by atoms with Gasteiger partial charge in [0.25, 0.3) is 5.91 Å². The SMILES string of the molecule is CC(O)CN(C(=O)c1ccccc1)C(C)C. The Bertz CT molecular complexity index is 333. The van der Waals surface area contributed by atoms with Crippen molar-refractivity contribution in [2.45, 2.75) is 32.9 Å². The minimum Gasteiger partial charge on any atom is -0.392 e. The van der Waals surface area contributed by atoms with Crippen LogP contribution in [0, 0.1) is 0 Å².